The molecular weight excluding hydrogens is 220 g/mol. The summed E-state index contributed by atoms with van der Waals surface area (Å²) in [5.74, 6) is 0.985. The number of amides is 1. The quantitative estimate of drug-likeness (QED) is 0.814. The Hall–Kier alpha value is -0.220. The smallest absolute Gasteiger partial charge is 0.237 e. The highest BCUT2D eigenvalue weighted by Gasteiger charge is 2.37. The summed E-state index contributed by atoms with van der Waals surface area (Å²) in [4.78, 5) is 13.9. The molecule has 92 valence electrons. The third-order valence-electron chi connectivity index (χ3n) is 3.82. The Bertz CT molecular complexity index is 253. The normalized spacial score (nSPS) is 29.0. The molecule has 2 unspecified atom stereocenters. The molecule has 2 fully saturated rings. The molecule has 0 aromatic heterocycles. The number of hydrogen-bond donors (Lipinski definition) is 1. The summed E-state index contributed by atoms with van der Waals surface area (Å²) >= 11 is 1.84. The van der Waals surface area contributed by atoms with Crippen molar-refractivity contribution in [3.8, 4) is 0 Å². The van der Waals surface area contributed by atoms with E-state index in [4.69, 9.17) is 0 Å². The summed E-state index contributed by atoms with van der Waals surface area (Å²) in [5, 5.41) is 3.93. The van der Waals surface area contributed by atoms with Gasteiger partial charge in [-0.05, 0) is 25.0 Å². The Morgan fingerprint density at radius 1 is 1.50 bits per heavy atom. The highest BCUT2D eigenvalue weighted by molar-refractivity contribution is 7.99. The lowest BCUT2D eigenvalue weighted by Gasteiger charge is -2.30. The van der Waals surface area contributed by atoms with Gasteiger partial charge >= 0.3 is 0 Å². The number of carbonyl (C=O) groups is 1. The molecule has 0 aromatic carbocycles. The van der Waals surface area contributed by atoms with Gasteiger partial charge in [-0.25, -0.2) is 0 Å². The van der Waals surface area contributed by atoms with Gasteiger partial charge in [0.05, 0.1) is 12.7 Å². The first-order chi connectivity index (χ1) is 7.72. The van der Waals surface area contributed by atoms with Crippen molar-refractivity contribution in [3.05, 3.63) is 0 Å². The molecule has 1 heterocycles. The van der Waals surface area contributed by atoms with Crippen LogP contribution in [-0.2, 0) is 4.79 Å². The highest BCUT2D eigenvalue weighted by Crippen LogP contribution is 2.31. The third-order valence-corrected chi connectivity index (χ3v) is 4.77. The maximum absolute atomic E-state index is 11.8. The maximum Gasteiger partial charge on any atom is 0.237 e. The van der Waals surface area contributed by atoms with E-state index in [1.807, 2.05) is 11.8 Å². The van der Waals surface area contributed by atoms with E-state index in [2.05, 4.69) is 23.4 Å². The zero-order valence-corrected chi connectivity index (χ0v) is 11.1. The van der Waals surface area contributed by atoms with Crippen molar-refractivity contribution in [2.24, 2.45) is 5.92 Å². The summed E-state index contributed by atoms with van der Waals surface area (Å²) in [6.07, 6.45) is 7.68. The predicted octanol–water partition coefficient (Wildman–Crippen LogP) is 1.69. The van der Waals surface area contributed by atoms with Crippen molar-refractivity contribution in [2.75, 3.05) is 19.3 Å². The molecule has 0 aromatic rings. The molecule has 2 aliphatic rings. The van der Waals surface area contributed by atoms with Crippen LogP contribution < -0.4 is 5.32 Å². The van der Waals surface area contributed by atoms with Crippen LogP contribution in [0.5, 0.6) is 0 Å². The lowest BCUT2D eigenvalue weighted by molar-refractivity contribution is -0.128. The Labute approximate surface area is 102 Å². The Morgan fingerprint density at radius 3 is 2.81 bits per heavy atom. The summed E-state index contributed by atoms with van der Waals surface area (Å²) in [7, 11) is 0. The molecule has 1 aliphatic heterocycles. The van der Waals surface area contributed by atoms with Gasteiger partial charge in [-0.15, -0.1) is 0 Å². The van der Waals surface area contributed by atoms with E-state index in [-0.39, 0.29) is 5.91 Å². The van der Waals surface area contributed by atoms with Gasteiger partial charge in [0, 0.05) is 11.8 Å². The number of rotatable bonds is 4. The molecule has 4 heteroatoms. The average Bonchev–Trinajstić information content (AvgIpc) is 2.89. The number of nitrogens with zero attached hydrogens (tertiary/aromatic N) is 1. The van der Waals surface area contributed by atoms with Gasteiger partial charge in [0.1, 0.15) is 0 Å². The fourth-order valence-corrected chi connectivity index (χ4v) is 3.13. The molecule has 1 N–H and O–H groups in total. The molecule has 1 amide bonds. The van der Waals surface area contributed by atoms with Gasteiger partial charge in [0.2, 0.25) is 5.91 Å². The van der Waals surface area contributed by atoms with Gasteiger partial charge in [-0.3, -0.25) is 10.1 Å². The molecular formula is C12H22N2OS. The molecule has 2 rings (SSSR count). The maximum atomic E-state index is 11.8. The molecule has 2 atom stereocenters. The molecule has 16 heavy (non-hydrogen) atoms. The SMILES string of the molecule is CSC(C)CN1C(=O)CNC1C1CCCC1. The van der Waals surface area contributed by atoms with Crippen molar-refractivity contribution in [2.45, 2.75) is 44.0 Å². The van der Waals surface area contributed by atoms with Crippen molar-refractivity contribution >= 4 is 17.7 Å². The number of nitrogens with one attached hydrogen (secondary N) is 1. The highest BCUT2D eigenvalue weighted by atomic mass is 32.2. The van der Waals surface area contributed by atoms with E-state index in [1.165, 1.54) is 25.7 Å². The molecule has 1 saturated heterocycles. The van der Waals surface area contributed by atoms with Crippen LogP contribution in [0.3, 0.4) is 0 Å². The first-order valence-electron chi connectivity index (χ1n) is 6.28. The van der Waals surface area contributed by atoms with Crippen LogP contribution in [0, 0.1) is 5.92 Å². The van der Waals surface area contributed by atoms with Crippen LogP contribution in [0.2, 0.25) is 0 Å². The van der Waals surface area contributed by atoms with Crippen molar-refractivity contribution in [1.82, 2.24) is 10.2 Å². The molecule has 3 nitrogen and oxygen atoms in total. The molecule has 1 saturated carbocycles. The number of thioether (sulfide) groups is 1. The van der Waals surface area contributed by atoms with Crippen LogP contribution >= 0.6 is 11.8 Å². The number of hydrogen-bond acceptors (Lipinski definition) is 3. The molecule has 0 radical (unpaired) electrons. The summed E-state index contributed by atoms with van der Waals surface area (Å²) < 4.78 is 0. The second-order valence-electron chi connectivity index (χ2n) is 4.96. The second kappa shape index (κ2) is 5.41. The standard InChI is InChI=1S/C12H22N2OS/c1-9(16-2)8-14-11(15)7-13-12(14)10-5-3-4-6-10/h9-10,12-13H,3-8H2,1-2H3. The minimum atomic E-state index is 0.290. The van der Waals surface area contributed by atoms with Gasteiger partial charge in [-0.2, -0.15) is 11.8 Å². The van der Waals surface area contributed by atoms with Crippen molar-refractivity contribution < 1.29 is 4.79 Å². The van der Waals surface area contributed by atoms with Crippen molar-refractivity contribution in [1.29, 1.82) is 0 Å². The van der Waals surface area contributed by atoms with Gasteiger partial charge in [0.25, 0.3) is 0 Å². The van der Waals surface area contributed by atoms with E-state index < -0.39 is 0 Å². The minimum absolute atomic E-state index is 0.290. The molecule has 1 aliphatic carbocycles. The van der Waals surface area contributed by atoms with Gasteiger partial charge < -0.3 is 4.90 Å². The Kier molecular flexibility index (Phi) is 4.14. The fraction of sp³-hybridized carbons (Fsp3) is 0.917. The van der Waals surface area contributed by atoms with Crippen LogP contribution in [0.25, 0.3) is 0 Å². The lowest BCUT2D eigenvalue weighted by Crippen LogP contribution is -2.44. The summed E-state index contributed by atoms with van der Waals surface area (Å²) in [6, 6.07) is 0. The summed E-state index contributed by atoms with van der Waals surface area (Å²) in [5.41, 5.74) is 0. The largest absolute Gasteiger partial charge is 0.325 e. The van der Waals surface area contributed by atoms with E-state index >= 15 is 0 Å². The van der Waals surface area contributed by atoms with E-state index in [1.54, 1.807) is 0 Å². The molecule has 0 spiro atoms. The van der Waals surface area contributed by atoms with E-state index in [9.17, 15) is 4.79 Å². The van der Waals surface area contributed by atoms with Crippen LogP contribution in [-0.4, -0.2) is 41.6 Å². The first-order valence-corrected chi connectivity index (χ1v) is 7.57. The fourth-order valence-electron chi connectivity index (χ4n) is 2.82. The second-order valence-corrected chi connectivity index (χ2v) is 6.24. The predicted molar refractivity (Wildman–Crippen MR) is 68.4 cm³/mol. The average molecular weight is 242 g/mol. The van der Waals surface area contributed by atoms with E-state index in [0.717, 1.165) is 6.54 Å². The Morgan fingerprint density at radius 2 is 2.19 bits per heavy atom. The Balaban J connectivity index is 1.97. The zero-order chi connectivity index (χ0) is 11.5. The van der Waals surface area contributed by atoms with Crippen LogP contribution in [0.4, 0.5) is 0 Å². The van der Waals surface area contributed by atoms with Crippen LogP contribution in [0.15, 0.2) is 0 Å². The van der Waals surface area contributed by atoms with Crippen LogP contribution in [0.1, 0.15) is 32.6 Å². The van der Waals surface area contributed by atoms with Gasteiger partial charge in [0.15, 0.2) is 0 Å². The van der Waals surface area contributed by atoms with Gasteiger partial charge in [-0.1, -0.05) is 19.8 Å². The summed E-state index contributed by atoms with van der Waals surface area (Å²) in [6.45, 7) is 3.64. The molecule has 0 bridgehead atoms. The lowest BCUT2D eigenvalue weighted by atomic mass is 10.0. The first kappa shape index (κ1) is 12.2. The topological polar surface area (TPSA) is 32.3 Å². The minimum Gasteiger partial charge on any atom is -0.325 e. The van der Waals surface area contributed by atoms with E-state index in [0.29, 0.717) is 23.9 Å². The van der Waals surface area contributed by atoms with Crippen molar-refractivity contribution in [3.63, 3.8) is 0 Å². The zero-order valence-electron chi connectivity index (χ0n) is 10.2. The third kappa shape index (κ3) is 2.54. The number of carbonyl (C=O) groups excluding carboxylic acids is 1. The monoisotopic (exact) mass is 242 g/mol.